The van der Waals surface area contributed by atoms with Crippen molar-refractivity contribution in [2.24, 2.45) is 5.92 Å². The summed E-state index contributed by atoms with van der Waals surface area (Å²) in [5.41, 5.74) is -3.88. The van der Waals surface area contributed by atoms with E-state index in [0.29, 0.717) is 0 Å². The van der Waals surface area contributed by atoms with E-state index < -0.39 is 45.8 Å². The topological polar surface area (TPSA) is 122 Å². The lowest BCUT2D eigenvalue weighted by molar-refractivity contribution is -0.123. The number of Topliss-reactive ketones (excluding diaryl/α,β-unsaturated/α-hetero) is 2. The van der Waals surface area contributed by atoms with Crippen LogP contribution in [0.3, 0.4) is 0 Å². The molecule has 1 amide bonds. The van der Waals surface area contributed by atoms with E-state index >= 15 is 0 Å². The summed E-state index contributed by atoms with van der Waals surface area (Å²) in [6.45, 7) is 3.94. The van der Waals surface area contributed by atoms with Gasteiger partial charge >= 0.3 is 0 Å². The average Bonchev–Trinajstić information content (AvgIpc) is 3.05. The molecule has 9 heteroatoms. The lowest BCUT2D eigenvalue weighted by Crippen LogP contribution is -2.39. The number of allylic oxidation sites excluding steroid dienone is 6. The molecule has 1 aromatic carbocycles. The summed E-state index contributed by atoms with van der Waals surface area (Å²) in [6.07, 6.45) is 7.46. The number of hydrogen-bond donors (Lipinski definition) is 3. The van der Waals surface area contributed by atoms with Crippen LogP contribution in [0.4, 0.5) is 4.39 Å². The Bertz CT molecular complexity index is 1250. The van der Waals surface area contributed by atoms with E-state index in [-0.39, 0.29) is 40.7 Å². The van der Waals surface area contributed by atoms with Gasteiger partial charge in [-0.05, 0) is 26.8 Å². The minimum atomic E-state index is -1.66. The molecule has 0 radical (unpaired) electrons. The number of hydrogen-bond acceptors (Lipinski definition) is 7. The van der Waals surface area contributed by atoms with Gasteiger partial charge in [-0.25, -0.2) is 4.39 Å². The summed E-state index contributed by atoms with van der Waals surface area (Å²) in [4.78, 5) is 38.5. The van der Waals surface area contributed by atoms with Gasteiger partial charge in [0.25, 0.3) is 5.91 Å². The summed E-state index contributed by atoms with van der Waals surface area (Å²) < 4.78 is 25.9. The highest BCUT2D eigenvalue weighted by Crippen LogP contribution is 2.56. The number of aliphatic hydroxyl groups excluding tert-OH is 1. The molecule has 1 aromatic rings. The maximum absolute atomic E-state index is 14.8. The van der Waals surface area contributed by atoms with Crippen LogP contribution in [-0.4, -0.2) is 47.0 Å². The Morgan fingerprint density at radius 2 is 1.97 bits per heavy atom. The molecule has 0 aromatic heterocycles. The summed E-state index contributed by atoms with van der Waals surface area (Å²) in [7, 11) is 1.29. The Kier molecular flexibility index (Phi) is 5.38. The maximum Gasteiger partial charge on any atom is 0.258 e. The quantitative estimate of drug-likeness (QED) is 0.567. The van der Waals surface area contributed by atoms with Crippen molar-refractivity contribution in [2.75, 3.05) is 13.7 Å². The van der Waals surface area contributed by atoms with Gasteiger partial charge in [-0.15, -0.1) is 0 Å². The first-order valence-electron chi connectivity index (χ1n) is 10.6. The number of fused-ring (bicyclic) bond motifs is 3. The summed E-state index contributed by atoms with van der Waals surface area (Å²) >= 11 is 0. The molecule has 0 saturated carbocycles. The van der Waals surface area contributed by atoms with Crippen LogP contribution in [0.25, 0.3) is 0 Å². The molecule has 1 aliphatic heterocycles. The van der Waals surface area contributed by atoms with E-state index in [0.717, 1.165) is 13.0 Å². The van der Waals surface area contributed by atoms with E-state index in [1.54, 1.807) is 18.2 Å². The van der Waals surface area contributed by atoms with Crippen LogP contribution in [0.2, 0.25) is 0 Å². The second kappa shape index (κ2) is 7.86. The fraction of sp³-hybridized carbons (Fsp3) is 0.320. The summed E-state index contributed by atoms with van der Waals surface area (Å²) in [5, 5.41) is 23.7. The predicted molar refractivity (Wildman–Crippen MR) is 120 cm³/mol. The van der Waals surface area contributed by atoms with Gasteiger partial charge in [-0.3, -0.25) is 14.4 Å². The van der Waals surface area contributed by atoms with Crippen LogP contribution in [0.1, 0.15) is 36.7 Å². The van der Waals surface area contributed by atoms with Crippen molar-refractivity contribution in [1.29, 1.82) is 0 Å². The van der Waals surface area contributed by atoms with Gasteiger partial charge < -0.3 is 25.0 Å². The van der Waals surface area contributed by atoms with Crippen LogP contribution >= 0.6 is 0 Å². The first-order valence-corrected chi connectivity index (χ1v) is 10.6. The average molecular weight is 469 g/mol. The number of phenolic OH excluding ortho intramolecular Hbond substituents is 1. The number of benzene rings is 1. The molecule has 3 atom stereocenters. The second-order valence-corrected chi connectivity index (χ2v) is 8.77. The standard InChI is InChI=1S/C25H24FNO7/c1-12(28)18-14(29)10-17-25(3,22(18)31)20-15(30)9-16(33-4)19(21(20)34-17)23(32)27-11-13-7-5-6-8-24(13,2)26/h5-10,13,29-30H,11H2,1-4H3,(H,27,32)/t13?,24?,25-/m1/s1. The zero-order valence-corrected chi connectivity index (χ0v) is 19.1. The number of alkyl halides is 1. The van der Waals surface area contributed by atoms with Gasteiger partial charge in [0.2, 0.25) is 0 Å². The van der Waals surface area contributed by atoms with Crippen LogP contribution in [0, 0.1) is 5.92 Å². The van der Waals surface area contributed by atoms with Gasteiger partial charge in [-0.2, -0.15) is 0 Å². The number of ketones is 2. The Labute approximate surface area is 195 Å². The van der Waals surface area contributed by atoms with Gasteiger partial charge in [0.1, 0.15) is 45.2 Å². The summed E-state index contributed by atoms with van der Waals surface area (Å²) in [6, 6.07) is 1.17. The highest BCUT2D eigenvalue weighted by Gasteiger charge is 2.55. The molecule has 0 spiro atoms. The maximum atomic E-state index is 14.8. The lowest BCUT2D eigenvalue weighted by atomic mass is 9.71. The first-order chi connectivity index (χ1) is 15.9. The lowest BCUT2D eigenvalue weighted by Gasteiger charge is -2.28. The third-order valence-electron chi connectivity index (χ3n) is 6.52. The second-order valence-electron chi connectivity index (χ2n) is 8.77. The van der Waals surface area contributed by atoms with E-state index in [1.165, 1.54) is 33.1 Å². The van der Waals surface area contributed by atoms with Crippen LogP contribution in [0.15, 0.2) is 53.5 Å². The van der Waals surface area contributed by atoms with Crippen molar-refractivity contribution in [3.05, 3.63) is 64.7 Å². The third kappa shape index (κ3) is 3.30. The third-order valence-corrected chi connectivity index (χ3v) is 6.52. The molecule has 3 aliphatic rings. The Hall–Kier alpha value is -3.88. The fourth-order valence-electron chi connectivity index (χ4n) is 4.53. The number of amides is 1. The Balaban J connectivity index is 1.77. The number of nitrogens with one attached hydrogen (secondary N) is 1. The molecule has 2 unspecified atom stereocenters. The number of aromatic hydroxyl groups is 1. The number of carbonyl (C=O) groups excluding carboxylic acids is 3. The number of rotatable bonds is 5. The monoisotopic (exact) mass is 469 g/mol. The van der Waals surface area contributed by atoms with Crippen molar-refractivity contribution in [3.63, 3.8) is 0 Å². The molecular weight excluding hydrogens is 445 g/mol. The van der Waals surface area contributed by atoms with Crippen molar-refractivity contribution in [1.82, 2.24) is 5.32 Å². The molecule has 34 heavy (non-hydrogen) atoms. The molecule has 0 saturated heterocycles. The molecule has 3 N–H and O–H groups in total. The van der Waals surface area contributed by atoms with E-state index in [9.17, 15) is 29.0 Å². The number of aliphatic hydroxyl groups is 1. The van der Waals surface area contributed by atoms with Crippen LogP contribution < -0.4 is 14.8 Å². The van der Waals surface area contributed by atoms with E-state index in [1.807, 2.05) is 0 Å². The number of ether oxygens (including phenoxy) is 2. The fourth-order valence-corrected chi connectivity index (χ4v) is 4.53. The largest absolute Gasteiger partial charge is 0.507 e. The Morgan fingerprint density at radius 3 is 2.59 bits per heavy atom. The molecule has 0 fully saturated rings. The van der Waals surface area contributed by atoms with Gasteiger partial charge in [0.05, 0.1) is 12.7 Å². The number of carbonyl (C=O) groups is 3. The van der Waals surface area contributed by atoms with Crippen molar-refractivity contribution in [3.8, 4) is 17.2 Å². The van der Waals surface area contributed by atoms with Crippen molar-refractivity contribution in [2.45, 2.75) is 31.9 Å². The highest BCUT2D eigenvalue weighted by atomic mass is 19.1. The Morgan fingerprint density at radius 1 is 1.26 bits per heavy atom. The summed E-state index contributed by atoms with van der Waals surface area (Å²) in [5.74, 6) is -3.89. The predicted octanol–water partition coefficient (Wildman–Crippen LogP) is 3.12. The van der Waals surface area contributed by atoms with Crippen LogP contribution in [-0.2, 0) is 15.0 Å². The van der Waals surface area contributed by atoms with Crippen LogP contribution in [0.5, 0.6) is 17.2 Å². The minimum absolute atomic E-state index is 0.0308. The number of phenols is 1. The number of methoxy groups -OCH3 is 1. The molecule has 0 bridgehead atoms. The smallest absolute Gasteiger partial charge is 0.258 e. The molecular formula is C25H24FNO7. The first kappa shape index (κ1) is 23.3. The molecule has 178 valence electrons. The minimum Gasteiger partial charge on any atom is -0.507 e. The molecule has 1 heterocycles. The highest BCUT2D eigenvalue weighted by molar-refractivity contribution is 6.25. The molecule has 8 nitrogen and oxygen atoms in total. The number of halogens is 1. The van der Waals surface area contributed by atoms with Crippen molar-refractivity contribution >= 4 is 17.5 Å². The zero-order chi connectivity index (χ0) is 25.0. The van der Waals surface area contributed by atoms with Gasteiger partial charge in [0, 0.05) is 24.6 Å². The van der Waals surface area contributed by atoms with Gasteiger partial charge in [-0.1, -0.05) is 18.2 Å². The molecule has 2 aliphatic carbocycles. The van der Waals surface area contributed by atoms with Gasteiger partial charge in [0.15, 0.2) is 17.3 Å². The van der Waals surface area contributed by atoms with E-state index in [4.69, 9.17) is 9.47 Å². The normalized spacial score (nSPS) is 27.0. The van der Waals surface area contributed by atoms with Crippen molar-refractivity contribution < 1.29 is 38.5 Å². The molecule has 4 rings (SSSR count). The SMILES string of the molecule is COc1cc(O)c2c(c1C(=O)NCC1C=CC=CC1(C)F)OC1=CC(O)=C(C(C)=O)C(=O)[C@]12C. The van der Waals surface area contributed by atoms with E-state index in [2.05, 4.69) is 5.32 Å². The zero-order valence-electron chi connectivity index (χ0n) is 19.1.